The minimum absolute atomic E-state index is 0.140. The van der Waals surface area contributed by atoms with Crippen molar-refractivity contribution in [3.63, 3.8) is 0 Å². The molecular weight excluding hydrogens is 292 g/mol. The van der Waals surface area contributed by atoms with Crippen LogP contribution in [-0.2, 0) is 13.0 Å². The van der Waals surface area contributed by atoms with Crippen molar-refractivity contribution in [3.05, 3.63) is 35.5 Å². The summed E-state index contributed by atoms with van der Waals surface area (Å²) in [4.78, 5) is 13.7. The average molecular weight is 316 g/mol. The molecule has 124 valence electrons. The fourth-order valence-electron chi connectivity index (χ4n) is 3.41. The van der Waals surface area contributed by atoms with Gasteiger partial charge in [-0.1, -0.05) is 6.07 Å². The van der Waals surface area contributed by atoms with Crippen LogP contribution in [0.5, 0.6) is 0 Å². The third kappa shape index (κ3) is 3.57. The Bertz CT molecular complexity index is 687. The summed E-state index contributed by atoms with van der Waals surface area (Å²) in [6.45, 7) is 4.28. The summed E-state index contributed by atoms with van der Waals surface area (Å²) in [5.41, 5.74) is 2.53. The zero-order valence-corrected chi connectivity index (χ0v) is 13.4. The molecule has 1 aromatic heterocycles. The molecule has 0 atom stereocenters. The highest BCUT2D eigenvalue weighted by molar-refractivity contribution is 5.94. The van der Waals surface area contributed by atoms with Crippen LogP contribution < -0.4 is 0 Å². The molecule has 2 aromatic rings. The monoisotopic (exact) mass is 316 g/mol. The molecule has 2 heterocycles. The van der Waals surface area contributed by atoms with Crippen LogP contribution in [0.3, 0.4) is 0 Å². The number of carboxylic acid groups (broad SMARTS) is 1. The van der Waals surface area contributed by atoms with Crippen molar-refractivity contribution in [1.82, 2.24) is 9.47 Å². The quantitative estimate of drug-likeness (QED) is 0.823. The maximum atomic E-state index is 11.2. The third-order valence-electron chi connectivity index (χ3n) is 4.66. The van der Waals surface area contributed by atoms with Crippen molar-refractivity contribution >= 4 is 16.9 Å². The molecule has 5 nitrogen and oxygen atoms in total. The molecule has 1 saturated heterocycles. The molecule has 1 aromatic carbocycles. The van der Waals surface area contributed by atoms with Gasteiger partial charge in [0.15, 0.2) is 0 Å². The molecule has 0 amide bonds. The summed E-state index contributed by atoms with van der Waals surface area (Å²) in [6, 6.07) is 5.35. The van der Waals surface area contributed by atoms with Gasteiger partial charge in [-0.25, -0.2) is 4.79 Å². The largest absolute Gasteiger partial charge is 0.478 e. The minimum Gasteiger partial charge on any atom is -0.478 e. The predicted octanol–water partition coefficient (Wildman–Crippen LogP) is 2.36. The molecule has 1 fully saturated rings. The summed E-state index contributed by atoms with van der Waals surface area (Å²) in [6.07, 6.45) is 6.37. The number of hydrogen-bond donors (Lipinski definition) is 2. The fraction of sp³-hybridized carbons (Fsp3) is 0.500. The summed E-state index contributed by atoms with van der Waals surface area (Å²) in [5.74, 6) is -0.902. The highest BCUT2D eigenvalue weighted by Gasteiger charge is 2.15. The second-order valence-electron chi connectivity index (χ2n) is 6.26. The van der Waals surface area contributed by atoms with Crippen LogP contribution in [0.15, 0.2) is 24.4 Å². The van der Waals surface area contributed by atoms with Gasteiger partial charge < -0.3 is 19.7 Å². The van der Waals surface area contributed by atoms with Crippen LogP contribution in [-0.4, -0.2) is 51.9 Å². The third-order valence-corrected chi connectivity index (χ3v) is 4.66. The number of nitrogens with zero attached hydrogens (tertiary/aromatic N) is 2. The van der Waals surface area contributed by atoms with Gasteiger partial charge in [0, 0.05) is 36.8 Å². The van der Waals surface area contributed by atoms with Gasteiger partial charge in [0.1, 0.15) is 0 Å². The van der Waals surface area contributed by atoms with E-state index in [0.717, 1.165) is 23.9 Å². The average Bonchev–Trinajstić information content (AvgIpc) is 3.18. The highest BCUT2D eigenvalue weighted by atomic mass is 16.4. The van der Waals surface area contributed by atoms with Crippen molar-refractivity contribution < 1.29 is 15.0 Å². The normalized spacial score (nSPS) is 15.5. The molecule has 0 unspecified atom stereocenters. The Hall–Kier alpha value is -1.85. The smallest absolute Gasteiger partial charge is 0.335 e. The Morgan fingerprint density at radius 1 is 1.17 bits per heavy atom. The van der Waals surface area contributed by atoms with Crippen LogP contribution in [0.25, 0.3) is 10.9 Å². The molecule has 3 rings (SSSR count). The fourth-order valence-corrected chi connectivity index (χ4v) is 3.41. The number of aliphatic hydroxyl groups excluding tert-OH is 1. The van der Waals surface area contributed by atoms with Gasteiger partial charge in [0.2, 0.25) is 0 Å². The Labute approximate surface area is 136 Å². The molecule has 2 N–H and O–H groups in total. The molecule has 0 saturated carbocycles. The number of likely N-dealkylation sites (tertiary alicyclic amines) is 1. The van der Waals surface area contributed by atoms with Gasteiger partial charge >= 0.3 is 5.97 Å². The lowest BCUT2D eigenvalue weighted by molar-refractivity contribution is 0.0697. The van der Waals surface area contributed by atoms with E-state index in [9.17, 15) is 9.90 Å². The van der Waals surface area contributed by atoms with E-state index in [1.807, 2.05) is 6.07 Å². The van der Waals surface area contributed by atoms with Crippen LogP contribution in [0, 0.1) is 0 Å². The topological polar surface area (TPSA) is 65.7 Å². The number of rotatable bonds is 7. The van der Waals surface area contributed by atoms with Gasteiger partial charge in [-0.15, -0.1) is 0 Å². The zero-order chi connectivity index (χ0) is 16.2. The van der Waals surface area contributed by atoms with E-state index in [0.29, 0.717) is 18.5 Å². The van der Waals surface area contributed by atoms with Crippen molar-refractivity contribution in [2.75, 3.05) is 26.2 Å². The lowest BCUT2D eigenvalue weighted by Gasteiger charge is -2.13. The van der Waals surface area contributed by atoms with E-state index in [-0.39, 0.29) is 6.61 Å². The first-order valence-electron chi connectivity index (χ1n) is 8.37. The van der Waals surface area contributed by atoms with E-state index >= 15 is 0 Å². The van der Waals surface area contributed by atoms with E-state index in [1.165, 1.54) is 31.5 Å². The Balaban J connectivity index is 1.88. The van der Waals surface area contributed by atoms with Crippen molar-refractivity contribution in [3.8, 4) is 0 Å². The van der Waals surface area contributed by atoms with Crippen molar-refractivity contribution in [2.45, 2.75) is 32.2 Å². The van der Waals surface area contributed by atoms with Crippen LogP contribution >= 0.6 is 0 Å². The van der Waals surface area contributed by atoms with Gasteiger partial charge in [0.25, 0.3) is 0 Å². The first kappa shape index (κ1) is 16.0. The number of aliphatic hydroxyl groups is 1. The first-order valence-corrected chi connectivity index (χ1v) is 8.37. The van der Waals surface area contributed by atoms with Crippen LogP contribution in [0.2, 0.25) is 0 Å². The predicted molar refractivity (Wildman–Crippen MR) is 90.0 cm³/mol. The summed E-state index contributed by atoms with van der Waals surface area (Å²) in [5, 5.41) is 19.4. The summed E-state index contributed by atoms with van der Waals surface area (Å²) in [7, 11) is 0. The van der Waals surface area contributed by atoms with E-state index < -0.39 is 5.97 Å². The Morgan fingerprint density at radius 2 is 1.96 bits per heavy atom. The van der Waals surface area contributed by atoms with Gasteiger partial charge in [0.05, 0.1) is 5.56 Å². The number of aryl methyl sites for hydroxylation is 1. The van der Waals surface area contributed by atoms with Crippen LogP contribution in [0.4, 0.5) is 0 Å². The maximum absolute atomic E-state index is 11.2. The number of fused-ring (bicyclic) bond motifs is 1. The maximum Gasteiger partial charge on any atom is 0.335 e. The minimum atomic E-state index is -0.902. The first-order chi connectivity index (χ1) is 11.2. The lowest BCUT2D eigenvalue weighted by Crippen LogP contribution is -2.21. The number of aromatic carboxylic acids is 1. The number of hydrogen-bond acceptors (Lipinski definition) is 3. The highest BCUT2D eigenvalue weighted by Crippen LogP contribution is 2.24. The summed E-state index contributed by atoms with van der Waals surface area (Å²) >= 11 is 0. The molecule has 0 bridgehead atoms. The van der Waals surface area contributed by atoms with E-state index in [2.05, 4.69) is 15.7 Å². The van der Waals surface area contributed by atoms with E-state index in [4.69, 9.17) is 5.11 Å². The van der Waals surface area contributed by atoms with Gasteiger partial charge in [-0.2, -0.15) is 0 Å². The number of carbonyl (C=O) groups is 1. The molecule has 1 aliphatic heterocycles. The second-order valence-corrected chi connectivity index (χ2v) is 6.26. The van der Waals surface area contributed by atoms with Gasteiger partial charge in [-0.3, -0.25) is 0 Å². The number of benzene rings is 1. The molecule has 0 radical (unpaired) electrons. The lowest BCUT2D eigenvalue weighted by atomic mass is 10.1. The number of carboxylic acids is 1. The van der Waals surface area contributed by atoms with E-state index in [1.54, 1.807) is 12.1 Å². The Morgan fingerprint density at radius 3 is 2.65 bits per heavy atom. The molecule has 5 heteroatoms. The second kappa shape index (κ2) is 7.15. The molecule has 0 spiro atoms. The molecular formula is C18H24N2O3. The SMILES string of the molecule is O=C(O)c1ccc2c(CCN3CCCC3)cn(CCCO)c2c1. The molecule has 0 aliphatic carbocycles. The van der Waals surface area contributed by atoms with Crippen molar-refractivity contribution in [2.24, 2.45) is 0 Å². The molecule has 1 aliphatic rings. The standard InChI is InChI=1S/C18H24N2O3/c21-11-3-9-20-13-15(6-10-19-7-1-2-8-19)16-5-4-14(18(22)23)12-17(16)20/h4-5,12-13,21H,1-3,6-11H2,(H,22,23). The van der Waals surface area contributed by atoms with Crippen molar-refractivity contribution in [1.29, 1.82) is 0 Å². The number of aromatic nitrogens is 1. The Kier molecular flexibility index (Phi) is 4.98. The van der Waals surface area contributed by atoms with Crippen LogP contribution in [0.1, 0.15) is 35.2 Å². The molecule has 23 heavy (non-hydrogen) atoms. The summed E-state index contributed by atoms with van der Waals surface area (Å²) < 4.78 is 2.08. The zero-order valence-electron chi connectivity index (χ0n) is 13.4. The van der Waals surface area contributed by atoms with Gasteiger partial charge in [-0.05, 0) is 56.5 Å².